The number of nitrogens with one attached hydrogen (secondary N) is 1. The molecule has 0 amide bonds. The molecule has 1 aliphatic heterocycles. The molecule has 2 rings (SSSR count). The first-order chi connectivity index (χ1) is 7.55. The highest BCUT2D eigenvalue weighted by Crippen LogP contribution is 2.14. The zero-order valence-electron chi connectivity index (χ0n) is 10.4. The van der Waals surface area contributed by atoms with E-state index in [0.717, 1.165) is 19.6 Å². The lowest BCUT2D eigenvalue weighted by atomic mass is 9.98. The minimum atomic E-state index is 0.104. The normalized spacial score (nSPS) is 24.3. The van der Waals surface area contributed by atoms with E-state index in [9.17, 15) is 0 Å². The topological polar surface area (TPSA) is 21.3 Å². The average molecular weight is 219 g/mol. The zero-order chi connectivity index (χ0) is 11.6. The first kappa shape index (κ1) is 11.6. The summed E-state index contributed by atoms with van der Waals surface area (Å²) >= 11 is 0. The second-order valence-corrected chi connectivity index (χ2v) is 5.43. The van der Waals surface area contributed by atoms with Gasteiger partial charge in [0.25, 0.3) is 0 Å². The molecular formula is C14H21NO. The van der Waals surface area contributed by atoms with Crippen molar-refractivity contribution in [1.82, 2.24) is 5.32 Å². The van der Waals surface area contributed by atoms with E-state index >= 15 is 0 Å². The van der Waals surface area contributed by atoms with E-state index < -0.39 is 0 Å². The molecule has 0 aliphatic carbocycles. The highest BCUT2D eigenvalue weighted by Gasteiger charge is 2.27. The van der Waals surface area contributed by atoms with E-state index in [4.69, 9.17) is 4.74 Å². The maximum atomic E-state index is 5.64. The van der Waals surface area contributed by atoms with E-state index in [2.05, 4.69) is 50.4 Å². The third-order valence-corrected chi connectivity index (χ3v) is 2.94. The van der Waals surface area contributed by atoms with Crippen LogP contribution in [0.3, 0.4) is 0 Å². The van der Waals surface area contributed by atoms with E-state index in [1.807, 2.05) is 0 Å². The van der Waals surface area contributed by atoms with Crippen LogP contribution in [0.25, 0.3) is 0 Å². The average Bonchev–Trinajstić information content (AvgIpc) is 2.15. The van der Waals surface area contributed by atoms with Crippen LogP contribution in [0, 0.1) is 6.92 Å². The van der Waals surface area contributed by atoms with Crippen molar-refractivity contribution in [1.29, 1.82) is 0 Å². The molecule has 2 heteroatoms. The molecule has 1 saturated heterocycles. The Morgan fingerprint density at radius 1 is 1.44 bits per heavy atom. The number of benzene rings is 1. The van der Waals surface area contributed by atoms with Crippen LogP contribution in [0.2, 0.25) is 0 Å². The Morgan fingerprint density at radius 3 is 2.94 bits per heavy atom. The maximum Gasteiger partial charge on any atom is 0.0643 e. The highest BCUT2D eigenvalue weighted by molar-refractivity contribution is 5.23. The highest BCUT2D eigenvalue weighted by atomic mass is 16.5. The van der Waals surface area contributed by atoms with E-state index in [1.54, 1.807) is 0 Å². The molecule has 1 aromatic rings. The summed E-state index contributed by atoms with van der Waals surface area (Å²) in [5.41, 5.74) is 2.82. The lowest BCUT2D eigenvalue weighted by Crippen LogP contribution is -2.56. The minimum absolute atomic E-state index is 0.104. The Bertz CT molecular complexity index is 360. The van der Waals surface area contributed by atoms with Crippen LogP contribution < -0.4 is 5.32 Å². The van der Waals surface area contributed by atoms with Gasteiger partial charge in [-0.05, 0) is 32.8 Å². The van der Waals surface area contributed by atoms with E-state index in [0.29, 0.717) is 6.04 Å². The molecule has 0 aromatic heterocycles. The Balaban J connectivity index is 1.99. The van der Waals surface area contributed by atoms with Gasteiger partial charge in [-0.15, -0.1) is 0 Å². The van der Waals surface area contributed by atoms with Gasteiger partial charge in [0.1, 0.15) is 0 Å². The monoisotopic (exact) mass is 219 g/mol. The Hall–Kier alpha value is -0.860. The molecule has 16 heavy (non-hydrogen) atoms. The standard InChI is InChI=1S/C14H21NO/c1-11-5-4-6-12(7-11)8-13-9-16-10-14(2,3)15-13/h4-7,13,15H,8-10H2,1-3H3. The Labute approximate surface area is 98.0 Å². The molecule has 0 spiro atoms. The van der Waals surface area contributed by atoms with Crippen molar-refractivity contribution in [2.24, 2.45) is 0 Å². The molecule has 1 aliphatic rings. The fourth-order valence-electron chi connectivity index (χ4n) is 2.33. The van der Waals surface area contributed by atoms with Gasteiger partial charge >= 0.3 is 0 Å². The van der Waals surface area contributed by atoms with Gasteiger partial charge in [-0.3, -0.25) is 0 Å². The number of morpholine rings is 1. The fraction of sp³-hybridized carbons (Fsp3) is 0.571. The van der Waals surface area contributed by atoms with Crippen molar-refractivity contribution in [2.75, 3.05) is 13.2 Å². The van der Waals surface area contributed by atoms with Crippen LogP contribution in [-0.2, 0) is 11.2 Å². The van der Waals surface area contributed by atoms with Crippen LogP contribution in [0.5, 0.6) is 0 Å². The number of rotatable bonds is 2. The van der Waals surface area contributed by atoms with Gasteiger partial charge in [0.2, 0.25) is 0 Å². The maximum absolute atomic E-state index is 5.64. The summed E-state index contributed by atoms with van der Waals surface area (Å²) in [6.45, 7) is 8.14. The molecule has 0 bridgehead atoms. The Kier molecular flexibility index (Phi) is 3.31. The Morgan fingerprint density at radius 2 is 2.25 bits per heavy atom. The number of aryl methyl sites for hydroxylation is 1. The fourth-order valence-corrected chi connectivity index (χ4v) is 2.33. The second-order valence-electron chi connectivity index (χ2n) is 5.43. The van der Waals surface area contributed by atoms with E-state index in [1.165, 1.54) is 11.1 Å². The quantitative estimate of drug-likeness (QED) is 0.824. The minimum Gasteiger partial charge on any atom is -0.378 e. The molecular weight excluding hydrogens is 198 g/mol. The van der Waals surface area contributed by atoms with Crippen LogP contribution >= 0.6 is 0 Å². The number of hydrogen-bond donors (Lipinski definition) is 1. The summed E-state index contributed by atoms with van der Waals surface area (Å²) in [5, 5.41) is 3.64. The SMILES string of the molecule is Cc1cccc(CC2COCC(C)(C)N2)c1. The number of ether oxygens (including phenoxy) is 1. The molecule has 1 unspecified atom stereocenters. The van der Waals surface area contributed by atoms with Crippen LogP contribution in [0.15, 0.2) is 24.3 Å². The molecule has 1 fully saturated rings. The summed E-state index contributed by atoms with van der Waals surface area (Å²) in [6.07, 6.45) is 1.05. The van der Waals surface area contributed by atoms with Crippen molar-refractivity contribution in [2.45, 2.75) is 38.8 Å². The van der Waals surface area contributed by atoms with Gasteiger partial charge < -0.3 is 10.1 Å². The lowest BCUT2D eigenvalue weighted by molar-refractivity contribution is 0.0135. The third-order valence-electron chi connectivity index (χ3n) is 2.94. The lowest BCUT2D eigenvalue weighted by Gasteiger charge is -2.37. The van der Waals surface area contributed by atoms with Gasteiger partial charge in [-0.1, -0.05) is 29.8 Å². The summed E-state index contributed by atoms with van der Waals surface area (Å²) in [4.78, 5) is 0. The van der Waals surface area contributed by atoms with Gasteiger partial charge in [-0.2, -0.15) is 0 Å². The van der Waals surface area contributed by atoms with Crippen LogP contribution in [0.4, 0.5) is 0 Å². The third kappa shape index (κ3) is 3.06. The molecule has 1 heterocycles. The summed E-state index contributed by atoms with van der Waals surface area (Å²) < 4.78 is 5.64. The molecule has 0 saturated carbocycles. The van der Waals surface area contributed by atoms with Crippen molar-refractivity contribution in [3.63, 3.8) is 0 Å². The molecule has 2 nitrogen and oxygen atoms in total. The smallest absolute Gasteiger partial charge is 0.0643 e. The molecule has 1 aromatic carbocycles. The largest absolute Gasteiger partial charge is 0.378 e. The van der Waals surface area contributed by atoms with Crippen molar-refractivity contribution < 1.29 is 4.74 Å². The van der Waals surface area contributed by atoms with Crippen LogP contribution in [0.1, 0.15) is 25.0 Å². The van der Waals surface area contributed by atoms with E-state index in [-0.39, 0.29) is 5.54 Å². The summed E-state index contributed by atoms with van der Waals surface area (Å²) in [7, 11) is 0. The molecule has 1 atom stereocenters. The number of hydrogen-bond acceptors (Lipinski definition) is 2. The first-order valence-corrected chi connectivity index (χ1v) is 5.96. The van der Waals surface area contributed by atoms with Gasteiger partial charge in [0.15, 0.2) is 0 Å². The van der Waals surface area contributed by atoms with Gasteiger partial charge in [-0.25, -0.2) is 0 Å². The van der Waals surface area contributed by atoms with Crippen molar-refractivity contribution in [3.8, 4) is 0 Å². The van der Waals surface area contributed by atoms with Crippen molar-refractivity contribution >= 4 is 0 Å². The summed E-state index contributed by atoms with van der Waals surface area (Å²) in [5.74, 6) is 0. The van der Waals surface area contributed by atoms with Gasteiger partial charge in [0, 0.05) is 11.6 Å². The zero-order valence-corrected chi connectivity index (χ0v) is 10.4. The first-order valence-electron chi connectivity index (χ1n) is 5.96. The second kappa shape index (κ2) is 4.56. The predicted molar refractivity (Wildman–Crippen MR) is 66.7 cm³/mol. The van der Waals surface area contributed by atoms with Crippen molar-refractivity contribution in [3.05, 3.63) is 35.4 Å². The van der Waals surface area contributed by atoms with Gasteiger partial charge in [0.05, 0.1) is 13.2 Å². The molecule has 0 radical (unpaired) electrons. The van der Waals surface area contributed by atoms with Crippen LogP contribution in [-0.4, -0.2) is 24.8 Å². The molecule has 88 valence electrons. The summed E-state index contributed by atoms with van der Waals surface area (Å²) in [6, 6.07) is 9.14. The predicted octanol–water partition coefficient (Wildman–Crippen LogP) is 2.30. The molecule has 1 N–H and O–H groups in total.